The summed E-state index contributed by atoms with van der Waals surface area (Å²) in [6.07, 6.45) is -6.28. The third-order valence-electron chi connectivity index (χ3n) is 2.84. The van der Waals surface area contributed by atoms with Crippen LogP contribution < -0.4 is 4.74 Å². The summed E-state index contributed by atoms with van der Waals surface area (Å²) >= 11 is 0. The maximum Gasteiger partial charge on any atom is 0.229 e. The van der Waals surface area contributed by atoms with Crippen LogP contribution in [0.4, 0.5) is 0 Å². The Hall–Kier alpha value is -1.18. The van der Waals surface area contributed by atoms with E-state index in [1.165, 1.54) is 0 Å². The molecule has 6 nitrogen and oxygen atoms in total. The highest BCUT2D eigenvalue weighted by Crippen LogP contribution is 2.23. The van der Waals surface area contributed by atoms with Gasteiger partial charge in [0.1, 0.15) is 30.2 Å². The van der Waals surface area contributed by atoms with E-state index in [2.05, 4.69) is 0 Å². The van der Waals surface area contributed by atoms with Crippen LogP contribution in [0.3, 0.4) is 0 Å². The molecule has 100 valence electrons. The van der Waals surface area contributed by atoms with Gasteiger partial charge >= 0.3 is 0 Å². The Kier molecular flexibility index (Phi) is 4.15. The van der Waals surface area contributed by atoms with Gasteiger partial charge in [0.2, 0.25) is 6.29 Å². The van der Waals surface area contributed by atoms with E-state index in [0.717, 1.165) is 0 Å². The van der Waals surface area contributed by atoms with Gasteiger partial charge in [0, 0.05) is 0 Å². The third-order valence-corrected chi connectivity index (χ3v) is 2.84. The maximum absolute atomic E-state index is 9.74. The quantitative estimate of drug-likeness (QED) is 0.546. The molecule has 0 unspecified atom stereocenters. The average molecular weight is 256 g/mol. The second-order valence-electron chi connectivity index (χ2n) is 4.13. The molecule has 2 rings (SSSR count). The van der Waals surface area contributed by atoms with Crippen LogP contribution in [0.1, 0.15) is 0 Å². The molecule has 5 atom stereocenters. The molecular formula is C12H16O6. The molecule has 1 fully saturated rings. The summed E-state index contributed by atoms with van der Waals surface area (Å²) < 4.78 is 10.6. The fraction of sp³-hybridized carbons (Fsp3) is 0.500. The molecule has 1 saturated heterocycles. The lowest BCUT2D eigenvalue weighted by molar-refractivity contribution is -0.277. The van der Waals surface area contributed by atoms with Crippen LogP contribution in [-0.2, 0) is 4.74 Å². The van der Waals surface area contributed by atoms with Crippen molar-refractivity contribution >= 4 is 0 Å². The molecule has 1 aliphatic rings. The van der Waals surface area contributed by atoms with Crippen LogP contribution in [0.25, 0.3) is 0 Å². The van der Waals surface area contributed by atoms with Crippen LogP contribution in [0.15, 0.2) is 30.3 Å². The van der Waals surface area contributed by atoms with E-state index in [4.69, 9.17) is 14.6 Å². The fourth-order valence-electron chi connectivity index (χ4n) is 1.80. The zero-order valence-corrected chi connectivity index (χ0v) is 9.59. The molecule has 1 aromatic rings. The number of aliphatic hydroxyl groups is 4. The van der Waals surface area contributed by atoms with Crippen LogP contribution in [0.2, 0.25) is 0 Å². The standard InChI is InChI=1S/C12H16O6/c13-6-8-9(14)10(15)11(16)12(18-8)17-7-4-2-1-3-5-7/h1-5,8-16H,6H2/t8-,9+,10-,11+,12-/m1/s1. The average Bonchev–Trinajstić information content (AvgIpc) is 2.40. The highest BCUT2D eigenvalue weighted by Gasteiger charge is 2.44. The summed E-state index contributed by atoms with van der Waals surface area (Å²) in [7, 11) is 0. The van der Waals surface area contributed by atoms with Gasteiger partial charge in [-0.1, -0.05) is 18.2 Å². The highest BCUT2D eigenvalue weighted by molar-refractivity contribution is 5.21. The molecule has 0 aromatic heterocycles. The van der Waals surface area contributed by atoms with Gasteiger partial charge in [-0.3, -0.25) is 0 Å². The summed E-state index contributed by atoms with van der Waals surface area (Å²) in [6.45, 7) is -0.473. The largest absolute Gasteiger partial charge is 0.462 e. The third kappa shape index (κ3) is 2.63. The lowest BCUT2D eigenvalue weighted by atomic mass is 9.99. The van der Waals surface area contributed by atoms with Crippen molar-refractivity contribution in [1.82, 2.24) is 0 Å². The van der Waals surface area contributed by atoms with Gasteiger partial charge in [0.25, 0.3) is 0 Å². The van der Waals surface area contributed by atoms with Crippen molar-refractivity contribution < 1.29 is 29.9 Å². The first-order chi connectivity index (χ1) is 8.63. The van der Waals surface area contributed by atoms with E-state index in [0.29, 0.717) is 5.75 Å². The van der Waals surface area contributed by atoms with Crippen molar-refractivity contribution in [3.8, 4) is 5.75 Å². The Labute approximate surface area is 104 Å². The summed E-state index contributed by atoms with van der Waals surface area (Å²) in [5.74, 6) is 0.460. The Balaban J connectivity index is 2.08. The molecule has 1 heterocycles. The molecule has 0 radical (unpaired) electrons. The normalized spacial score (nSPS) is 36.3. The van der Waals surface area contributed by atoms with Crippen molar-refractivity contribution in [2.75, 3.05) is 6.61 Å². The van der Waals surface area contributed by atoms with Crippen LogP contribution in [0.5, 0.6) is 5.75 Å². The van der Waals surface area contributed by atoms with Crippen LogP contribution in [-0.4, -0.2) is 57.7 Å². The van der Waals surface area contributed by atoms with E-state index in [1.54, 1.807) is 30.3 Å². The summed E-state index contributed by atoms with van der Waals surface area (Å²) in [5.41, 5.74) is 0. The van der Waals surface area contributed by atoms with Crippen molar-refractivity contribution in [2.24, 2.45) is 0 Å². The molecule has 1 aromatic carbocycles. The SMILES string of the molecule is OC[C@H]1O[C@@H](Oc2ccccc2)[C@@H](O)[C@H](O)[C@H]1O. The first-order valence-corrected chi connectivity index (χ1v) is 5.65. The van der Waals surface area contributed by atoms with Crippen molar-refractivity contribution in [2.45, 2.75) is 30.7 Å². The fourth-order valence-corrected chi connectivity index (χ4v) is 1.80. The molecular weight excluding hydrogens is 240 g/mol. The maximum atomic E-state index is 9.74. The van der Waals surface area contributed by atoms with Gasteiger partial charge in [0.15, 0.2) is 0 Å². The predicted octanol–water partition coefficient (Wildman–Crippen LogP) is -1.13. The number of para-hydroxylation sites is 1. The number of rotatable bonds is 3. The van der Waals surface area contributed by atoms with E-state index in [-0.39, 0.29) is 0 Å². The first kappa shape index (κ1) is 13.3. The number of hydrogen-bond acceptors (Lipinski definition) is 6. The minimum absolute atomic E-state index is 0.460. The second kappa shape index (κ2) is 5.64. The van der Waals surface area contributed by atoms with Crippen LogP contribution in [0, 0.1) is 0 Å². The molecule has 0 amide bonds. The Morgan fingerprint density at radius 1 is 1.00 bits per heavy atom. The van der Waals surface area contributed by atoms with Crippen molar-refractivity contribution in [1.29, 1.82) is 0 Å². The number of benzene rings is 1. The zero-order valence-electron chi connectivity index (χ0n) is 9.59. The smallest absolute Gasteiger partial charge is 0.229 e. The molecule has 0 bridgehead atoms. The molecule has 18 heavy (non-hydrogen) atoms. The predicted molar refractivity (Wildman–Crippen MR) is 60.8 cm³/mol. The van der Waals surface area contributed by atoms with Gasteiger partial charge in [-0.2, -0.15) is 0 Å². The zero-order chi connectivity index (χ0) is 13.1. The van der Waals surface area contributed by atoms with E-state index in [1.807, 2.05) is 0 Å². The Morgan fingerprint density at radius 2 is 1.67 bits per heavy atom. The Bertz CT molecular complexity index is 368. The number of hydrogen-bond donors (Lipinski definition) is 4. The first-order valence-electron chi connectivity index (χ1n) is 5.65. The van der Waals surface area contributed by atoms with E-state index in [9.17, 15) is 15.3 Å². The number of ether oxygens (including phenoxy) is 2. The van der Waals surface area contributed by atoms with Gasteiger partial charge in [-0.25, -0.2) is 0 Å². The van der Waals surface area contributed by atoms with Gasteiger partial charge in [0.05, 0.1) is 6.61 Å². The number of aliphatic hydroxyl groups excluding tert-OH is 4. The molecule has 6 heteroatoms. The molecule has 0 spiro atoms. The summed E-state index contributed by atoms with van der Waals surface area (Å²) in [6, 6.07) is 8.64. The lowest BCUT2D eigenvalue weighted by Gasteiger charge is -2.39. The molecule has 0 saturated carbocycles. The van der Waals surface area contributed by atoms with Gasteiger partial charge < -0.3 is 29.9 Å². The second-order valence-corrected chi connectivity index (χ2v) is 4.13. The van der Waals surface area contributed by atoms with E-state index < -0.39 is 37.3 Å². The minimum Gasteiger partial charge on any atom is -0.462 e. The molecule has 4 N–H and O–H groups in total. The summed E-state index contributed by atoms with van der Waals surface area (Å²) in [4.78, 5) is 0. The molecule has 0 aliphatic carbocycles. The highest BCUT2D eigenvalue weighted by atomic mass is 16.7. The topological polar surface area (TPSA) is 99.4 Å². The van der Waals surface area contributed by atoms with Crippen LogP contribution >= 0.6 is 0 Å². The van der Waals surface area contributed by atoms with Gasteiger partial charge in [-0.05, 0) is 12.1 Å². The van der Waals surface area contributed by atoms with Crippen molar-refractivity contribution in [3.05, 3.63) is 30.3 Å². The Morgan fingerprint density at radius 3 is 2.28 bits per heavy atom. The van der Waals surface area contributed by atoms with E-state index >= 15 is 0 Å². The van der Waals surface area contributed by atoms with Gasteiger partial charge in [-0.15, -0.1) is 0 Å². The van der Waals surface area contributed by atoms with Crippen molar-refractivity contribution in [3.63, 3.8) is 0 Å². The lowest BCUT2D eigenvalue weighted by Crippen LogP contribution is -2.60. The molecule has 1 aliphatic heterocycles. The monoisotopic (exact) mass is 256 g/mol. The summed E-state index contributed by atoms with van der Waals surface area (Å²) in [5, 5.41) is 37.9. The minimum atomic E-state index is -1.43.